The van der Waals surface area contributed by atoms with Crippen molar-refractivity contribution in [3.05, 3.63) is 35.9 Å². The summed E-state index contributed by atoms with van der Waals surface area (Å²) in [6, 6.07) is 10.5. The van der Waals surface area contributed by atoms with Crippen LogP contribution in [0.5, 0.6) is 0 Å². The molecule has 2 fully saturated rings. The van der Waals surface area contributed by atoms with Gasteiger partial charge < -0.3 is 5.32 Å². The fourth-order valence-electron chi connectivity index (χ4n) is 3.14. The minimum atomic E-state index is -0.658. The second kappa shape index (κ2) is 4.75. The number of nitrogens with zero attached hydrogens (tertiary/aromatic N) is 1. The normalized spacial score (nSPS) is 33.6. The van der Waals surface area contributed by atoms with Crippen molar-refractivity contribution in [2.45, 2.75) is 12.7 Å². The first-order chi connectivity index (χ1) is 8.33. The van der Waals surface area contributed by atoms with Crippen molar-refractivity contribution in [3.8, 4) is 0 Å². The Labute approximate surface area is 102 Å². The third kappa shape index (κ3) is 2.35. The molecule has 92 valence electrons. The van der Waals surface area contributed by atoms with Crippen molar-refractivity contribution in [1.82, 2.24) is 10.2 Å². The van der Waals surface area contributed by atoms with Crippen LogP contribution in [0.2, 0.25) is 0 Å². The van der Waals surface area contributed by atoms with E-state index in [2.05, 4.69) is 34.5 Å². The maximum absolute atomic E-state index is 13.8. The van der Waals surface area contributed by atoms with Crippen molar-refractivity contribution in [3.63, 3.8) is 0 Å². The molecule has 2 heterocycles. The fourth-order valence-corrected chi connectivity index (χ4v) is 3.14. The lowest BCUT2D eigenvalue weighted by Crippen LogP contribution is -2.44. The van der Waals surface area contributed by atoms with Gasteiger partial charge in [0, 0.05) is 32.1 Å². The Bertz CT molecular complexity index is 368. The molecule has 3 atom stereocenters. The average molecular weight is 234 g/mol. The molecule has 3 heteroatoms. The van der Waals surface area contributed by atoms with Gasteiger partial charge in [0.15, 0.2) is 0 Å². The smallest absolute Gasteiger partial charge is 0.117 e. The van der Waals surface area contributed by atoms with Crippen LogP contribution < -0.4 is 5.32 Å². The molecule has 0 spiro atoms. The van der Waals surface area contributed by atoms with Crippen LogP contribution in [0.4, 0.5) is 4.39 Å². The molecule has 2 aliphatic rings. The monoisotopic (exact) mass is 234 g/mol. The molecule has 17 heavy (non-hydrogen) atoms. The van der Waals surface area contributed by atoms with Crippen LogP contribution in [-0.4, -0.2) is 37.3 Å². The van der Waals surface area contributed by atoms with Gasteiger partial charge in [-0.1, -0.05) is 30.3 Å². The predicted molar refractivity (Wildman–Crippen MR) is 66.5 cm³/mol. The van der Waals surface area contributed by atoms with E-state index in [0.717, 1.165) is 26.2 Å². The van der Waals surface area contributed by atoms with Crippen LogP contribution in [0.3, 0.4) is 0 Å². The van der Waals surface area contributed by atoms with Crippen molar-refractivity contribution in [2.24, 2.45) is 11.8 Å². The Balaban J connectivity index is 1.64. The van der Waals surface area contributed by atoms with Gasteiger partial charge in [0.2, 0.25) is 0 Å². The van der Waals surface area contributed by atoms with Crippen LogP contribution >= 0.6 is 0 Å². The molecule has 1 N–H and O–H groups in total. The lowest BCUT2D eigenvalue weighted by molar-refractivity contribution is 0.155. The fraction of sp³-hybridized carbons (Fsp3) is 0.571. The quantitative estimate of drug-likeness (QED) is 0.837. The van der Waals surface area contributed by atoms with E-state index in [0.29, 0.717) is 12.5 Å². The zero-order valence-corrected chi connectivity index (χ0v) is 9.98. The van der Waals surface area contributed by atoms with Gasteiger partial charge in [-0.15, -0.1) is 0 Å². The minimum absolute atomic E-state index is 0.250. The summed E-state index contributed by atoms with van der Waals surface area (Å²) in [7, 11) is 0. The second-order valence-electron chi connectivity index (χ2n) is 5.28. The van der Waals surface area contributed by atoms with E-state index in [4.69, 9.17) is 0 Å². The molecule has 2 nitrogen and oxygen atoms in total. The summed E-state index contributed by atoms with van der Waals surface area (Å²) in [5.74, 6) is 0.752. The summed E-state index contributed by atoms with van der Waals surface area (Å²) in [6.45, 7) is 4.44. The molecule has 1 aromatic carbocycles. The van der Waals surface area contributed by atoms with Crippen molar-refractivity contribution in [1.29, 1.82) is 0 Å². The van der Waals surface area contributed by atoms with E-state index < -0.39 is 6.17 Å². The SMILES string of the molecule is FC1CNCC2CN(Cc3ccccc3)CC12. The van der Waals surface area contributed by atoms with E-state index in [9.17, 15) is 4.39 Å². The standard InChI is InChI=1S/C14H19FN2/c15-14-7-16-6-12-9-17(10-13(12)14)8-11-4-2-1-3-5-11/h1-5,12-14,16H,6-10H2. The Morgan fingerprint density at radius 3 is 2.76 bits per heavy atom. The van der Waals surface area contributed by atoms with Gasteiger partial charge in [-0.3, -0.25) is 4.90 Å². The Morgan fingerprint density at radius 1 is 1.18 bits per heavy atom. The highest BCUT2D eigenvalue weighted by Gasteiger charge is 2.40. The highest BCUT2D eigenvalue weighted by Crippen LogP contribution is 2.30. The van der Waals surface area contributed by atoms with E-state index in [1.807, 2.05) is 6.07 Å². The largest absolute Gasteiger partial charge is 0.313 e. The number of benzene rings is 1. The third-order valence-electron chi connectivity index (χ3n) is 4.03. The second-order valence-corrected chi connectivity index (χ2v) is 5.28. The number of piperidine rings is 1. The van der Waals surface area contributed by atoms with Crippen LogP contribution in [0.15, 0.2) is 30.3 Å². The number of halogens is 1. The number of nitrogens with one attached hydrogen (secondary N) is 1. The molecule has 0 saturated carbocycles. The molecular weight excluding hydrogens is 215 g/mol. The van der Waals surface area contributed by atoms with E-state index in [1.54, 1.807) is 0 Å². The first kappa shape index (κ1) is 11.2. The van der Waals surface area contributed by atoms with E-state index >= 15 is 0 Å². The molecule has 0 aromatic heterocycles. The first-order valence-electron chi connectivity index (χ1n) is 6.44. The summed E-state index contributed by atoms with van der Waals surface area (Å²) < 4.78 is 13.8. The Morgan fingerprint density at radius 2 is 2.00 bits per heavy atom. The van der Waals surface area contributed by atoms with Gasteiger partial charge >= 0.3 is 0 Å². The molecule has 3 rings (SSSR count). The molecule has 1 aromatic rings. The number of fused-ring (bicyclic) bond motifs is 1. The van der Waals surface area contributed by atoms with E-state index in [-0.39, 0.29) is 5.92 Å². The average Bonchev–Trinajstić information content (AvgIpc) is 2.74. The number of alkyl halides is 1. The van der Waals surface area contributed by atoms with Gasteiger partial charge in [-0.2, -0.15) is 0 Å². The molecule has 2 aliphatic heterocycles. The van der Waals surface area contributed by atoms with Crippen molar-refractivity contribution >= 4 is 0 Å². The van der Waals surface area contributed by atoms with Crippen LogP contribution in [0.1, 0.15) is 5.56 Å². The maximum Gasteiger partial charge on any atom is 0.117 e. The Hall–Kier alpha value is -0.930. The molecule has 0 aliphatic carbocycles. The van der Waals surface area contributed by atoms with Crippen LogP contribution in [0.25, 0.3) is 0 Å². The maximum atomic E-state index is 13.8. The summed E-state index contributed by atoms with van der Waals surface area (Å²) in [5, 5.41) is 3.19. The lowest BCUT2D eigenvalue weighted by Gasteiger charge is -2.28. The molecule has 3 unspecified atom stereocenters. The first-order valence-corrected chi connectivity index (χ1v) is 6.44. The Kier molecular flexibility index (Phi) is 3.12. The topological polar surface area (TPSA) is 15.3 Å². The summed E-state index contributed by atoms with van der Waals surface area (Å²) in [6.07, 6.45) is -0.658. The van der Waals surface area contributed by atoms with Crippen LogP contribution in [0, 0.1) is 11.8 Å². The molecule has 0 amide bonds. The zero-order valence-electron chi connectivity index (χ0n) is 9.98. The minimum Gasteiger partial charge on any atom is -0.313 e. The number of likely N-dealkylation sites (tertiary alicyclic amines) is 1. The summed E-state index contributed by atoms with van der Waals surface area (Å²) in [4.78, 5) is 2.39. The van der Waals surface area contributed by atoms with Gasteiger partial charge in [0.1, 0.15) is 6.17 Å². The molecular formula is C14H19FN2. The number of rotatable bonds is 2. The summed E-state index contributed by atoms with van der Waals surface area (Å²) in [5.41, 5.74) is 1.33. The highest BCUT2D eigenvalue weighted by molar-refractivity contribution is 5.15. The van der Waals surface area contributed by atoms with E-state index in [1.165, 1.54) is 5.56 Å². The third-order valence-corrected chi connectivity index (χ3v) is 4.03. The van der Waals surface area contributed by atoms with Crippen molar-refractivity contribution in [2.75, 3.05) is 26.2 Å². The van der Waals surface area contributed by atoms with Crippen molar-refractivity contribution < 1.29 is 4.39 Å². The van der Waals surface area contributed by atoms with Crippen LogP contribution in [-0.2, 0) is 6.54 Å². The summed E-state index contributed by atoms with van der Waals surface area (Å²) >= 11 is 0. The highest BCUT2D eigenvalue weighted by atomic mass is 19.1. The zero-order chi connectivity index (χ0) is 11.7. The number of hydrogen-bond donors (Lipinski definition) is 1. The van der Waals surface area contributed by atoms with Gasteiger partial charge in [-0.05, 0) is 18.0 Å². The van der Waals surface area contributed by atoms with Gasteiger partial charge in [0.05, 0.1) is 0 Å². The predicted octanol–water partition coefficient (Wildman–Crippen LogP) is 1.68. The molecule has 0 bridgehead atoms. The van der Waals surface area contributed by atoms with Gasteiger partial charge in [-0.25, -0.2) is 4.39 Å². The number of hydrogen-bond acceptors (Lipinski definition) is 2. The van der Waals surface area contributed by atoms with Gasteiger partial charge in [0.25, 0.3) is 0 Å². The molecule has 0 radical (unpaired) electrons. The molecule has 2 saturated heterocycles. The lowest BCUT2D eigenvalue weighted by atomic mass is 9.88.